The summed E-state index contributed by atoms with van der Waals surface area (Å²) in [4.78, 5) is 14.3. The molecular formula is C13H12BrNO2. The number of aromatic amines is 1. The standard InChI is InChI=1S/C13H12BrNO2/c1-17-13(16)12-7-6-11(15-12)8-9-2-4-10(14)5-3-9/h2-7,15H,8H2,1H3. The van der Waals surface area contributed by atoms with Crippen molar-refractivity contribution >= 4 is 21.9 Å². The molecule has 2 aromatic rings. The van der Waals surface area contributed by atoms with Gasteiger partial charge in [0.25, 0.3) is 0 Å². The van der Waals surface area contributed by atoms with Crippen LogP contribution in [0.3, 0.4) is 0 Å². The van der Waals surface area contributed by atoms with Crippen molar-refractivity contribution in [3.8, 4) is 0 Å². The van der Waals surface area contributed by atoms with E-state index in [0.717, 1.165) is 16.6 Å². The normalized spacial score (nSPS) is 10.2. The van der Waals surface area contributed by atoms with Gasteiger partial charge in [-0.3, -0.25) is 0 Å². The van der Waals surface area contributed by atoms with E-state index in [1.807, 2.05) is 30.3 Å². The van der Waals surface area contributed by atoms with Crippen molar-refractivity contribution in [3.05, 3.63) is 57.8 Å². The number of hydrogen-bond acceptors (Lipinski definition) is 2. The minimum atomic E-state index is -0.341. The molecule has 4 heteroatoms. The average Bonchev–Trinajstić information content (AvgIpc) is 2.80. The Labute approximate surface area is 108 Å². The minimum absolute atomic E-state index is 0.341. The van der Waals surface area contributed by atoms with Crippen molar-refractivity contribution in [1.29, 1.82) is 0 Å². The van der Waals surface area contributed by atoms with Crippen LogP contribution in [-0.2, 0) is 11.2 Å². The van der Waals surface area contributed by atoms with Crippen molar-refractivity contribution in [3.63, 3.8) is 0 Å². The summed E-state index contributed by atoms with van der Waals surface area (Å²) in [5, 5.41) is 0. The molecule has 0 aliphatic heterocycles. The van der Waals surface area contributed by atoms with E-state index in [4.69, 9.17) is 0 Å². The van der Waals surface area contributed by atoms with Gasteiger partial charge in [-0.2, -0.15) is 0 Å². The highest BCUT2D eigenvalue weighted by Gasteiger charge is 2.07. The molecule has 17 heavy (non-hydrogen) atoms. The fraction of sp³-hybridized carbons (Fsp3) is 0.154. The lowest BCUT2D eigenvalue weighted by molar-refractivity contribution is 0.0594. The number of esters is 1. The molecule has 0 bridgehead atoms. The zero-order chi connectivity index (χ0) is 12.3. The maximum absolute atomic E-state index is 11.3. The molecule has 0 saturated heterocycles. The van der Waals surface area contributed by atoms with Crippen LogP contribution in [0.1, 0.15) is 21.7 Å². The maximum Gasteiger partial charge on any atom is 0.354 e. The largest absolute Gasteiger partial charge is 0.464 e. The van der Waals surface area contributed by atoms with E-state index in [1.165, 1.54) is 12.7 Å². The van der Waals surface area contributed by atoms with Gasteiger partial charge in [0, 0.05) is 16.6 Å². The number of carbonyl (C=O) groups excluding carboxylic acids is 1. The first-order chi connectivity index (χ1) is 8.19. The Balaban J connectivity index is 2.11. The van der Waals surface area contributed by atoms with E-state index in [0.29, 0.717) is 5.69 Å². The van der Waals surface area contributed by atoms with Gasteiger partial charge in [0.1, 0.15) is 5.69 Å². The second-order valence-electron chi connectivity index (χ2n) is 3.69. The molecule has 0 fully saturated rings. The zero-order valence-corrected chi connectivity index (χ0v) is 11.0. The molecule has 1 heterocycles. The number of rotatable bonds is 3. The highest BCUT2D eigenvalue weighted by molar-refractivity contribution is 9.10. The molecule has 0 spiro atoms. The summed E-state index contributed by atoms with van der Waals surface area (Å²) in [6.45, 7) is 0. The number of H-pyrrole nitrogens is 1. The third-order valence-electron chi connectivity index (χ3n) is 2.46. The second-order valence-corrected chi connectivity index (χ2v) is 4.61. The van der Waals surface area contributed by atoms with Crippen LogP contribution in [0.2, 0.25) is 0 Å². The van der Waals surface area contributed by atoms with E-state index < -0.39 is 0 Å². The maximum atomic E-state index is 11.3. The first-order valence-electron chi connectivity index (χ1n) is 5.19. The van der Waals surface area contributed by atoms with Crippen LogP contribution >= 0.6 is 15.9 Å². The molecule has 0 saturated carbocycles. The van der Waals surface area contributed by atoms with Crippen molar-refractivity contribution in [2.24, 2.45) is 0 Å². The number of carbonyl (C=O) groups is 1. The van der Waals surface area contributed by atoms with Crippen LogP contribution in [0, 0.1) is 0 Å². The molecule has 0 radical (unpaired) electrons. The van der Waals surface area contributed by atoms with Crippen LogP contribution < -0.4 is 0 Å². The lowest BCUT2D eigenvalue weighted by atomic mass is 10.1. The zero-order valence-electron chi connectivity index (χ0n) is 9.37. The molecule has 3 nitrogen and oxygen atoms in total. The van der Waals surface area contributed by atoms with Gasteiger partial charge in [0.2, 0.25) is 0 Å². The van der Waals surface area contributed by atoms with E-state index in [2.05, 4.69) is 25.7 Å². The van der Waals surface area contributed by atoms with Crippen LogP contribution in [0.5, 0.6) is 0 Å². The summed E-state index contributed by atoms with van der Waals surface area (Å²) in [7, 11) is 1.37. The predicted molar refractivity (Wildman–Crippen MR) is 69.1 cm³/mol. The molecule has 2 rings (SSSR count). The molecule has 0 amide bonds. The van der Waals surface area contributed by atoms with Crippen LogP contribution in [0.25, 0.3) is 0 Å². The Hall–Kier alpha value is -1.55. The molecule has 1 aromatic heterocycles. The van der Waals surface area contributed by atoms with Crippen LogP contribution in [0.15, 0.2) is 40.9 Å². The number of ether oxygens (including phenoxy) is 1. The van der Waals surface area contributed by atoms with Gasteiger partial charge < -0.3 is 9.72 Å². The van der Waals surface area contributed by atoms with Crippen molar-refractivity contribution < 1.29 is 9.53 Å². The van der Waals surface area contributed by atoms with E-state index in [9.17, 15) is 4.79 Å². The van der Waals surface area contributed by atoms with Crippen LogP contribution in [0.4, 0.5) is 0 Å². The van der Waals surface area contributed by atoms with Crippen molar-refractivity contribution in [2.45, 2.75) is 6.42 Å². The molecule has 0 aliphatic rings. The van der Waals surface area contributed by atoms with E-state index >= 15 is 0 Å². The van der Waals surface area contributed by atoms with E-state index in [1.54, 1.807) is 6.07 Å². The molecule has 1 N–H and O–H groups in total. The number of benzene rings is 1. The second kappa shape index (κ2) is 5.19. The molecular weight excluding hydrogens is 282 g/mol. The smallest absolute Gasteiger partial charge is 0.354 e. The third-order valence-corrected chi connectivity index (χ3v) is 2.99. The summed E-state index contributed by atoms with van der Waals surface area (Å²) in [5.41, 5.74) is 2.67. The third kappa shape index (κ3) is 2.97. The average molecular weight is 294 g/mol. The summed E-state index contributed by atoms with van der Waals surface area (Å²) >= 11 is 3.39. The fourth-order valence-corrected chi connectivity index (χ4v) is 1.86. The number of nitrogens with one attached hydrogen (secondary N) is 1. The first kappa shape index (κ1) is 11.9. The number of aromatic nitrogens is 1. The van der Waals surface area contributed by atoms with Gasteiger partial charge in [-0.25, -0.2) is 4.79 Å². The lowest BCUT2D eigenvalue weighted by Gasteiger charge is -2.00. The Morgan fingerprint density at radius 1 is 1.24 bits per heavy atom. The Morgan fingerprint density at radius 2 is 1.94 bits per heavy atom. The van der Waals surface area contributed by atoms with Crippen molar-refractivity contribution in [2.75, 3.05) is 7.11 Å². The molecule has 0 unspecified atom stereocenters. The van der Waals surface area contributed by atoms with Crippen LogP contribution in [-0.4, -0.2) is 18.1 Å². The summed E-state index contributed by atoms with van der Waals surface area (Å²) in [5.74, 6) is -0.341. The van der Waals surface area contributed by atoms with Crippen molar-refractivity contribution in [1.82, 2.24) is 4.98 Å². The number of halogens is 1. The van der Waals surface area contributed by atoms with Gasteiger partial charge in [0.15, 0.2) is 0 Å². The quantitative estimate of drug-likeness (QED) is 0.884. The van der Waals surface area contributed by atoms with Gasteiger partial charge in [-0.05, 0) is 29.8 Å². The molecule has 1 aromatic carbocycles. The highest BCUT2D eigenvalue weighted by atomic mass is 79.9. The molecule has 0 atom stereocenters. The Kier molecular flexibility index (Phi) is 3.64. The Bertz CT molecular complexity index is 516. The first-order valence-corrected chi connectivity index (χ1v) is 5.99. The number of methoxy groups -OCH3 is 1. The predicted octanol–water partition coefficient (Wildman–Crippen LogP) is 3.15. The monoisotopic (exact) mass is 293 g/mol. The SMILES string of the molecule is COC(=O)c1ccc(Cc2ccc(Br)cc2)[nH]1. The van der Waals surface area contributed by atoms with Gasteiger partial charge in [-0.15, -0.1) is 0 Å². The molecule has 0 aliphatic carbocycles. The highest BCUT2D eigenvalue weighted by Crippen LogP contribution is 2.14. The summed E-state index contributed by atoms with van der Waals surface area (Å²) < 4.78 is 5.70. The number of hydrogen-bond donors (Lipinski definition) is 1. The van der Waals surface area contributed by atoms with Gasteiger partial charge in [-0.1, -0.05) is 28.1 Å². The fourth-order valence-electron chi connectivity index (χ4n) is 1.59. The lowest BCUT2D eigenvalue weighted by Crippen LogP contribution is -2.01. The van der Waals surface area contributed by atoms with Gasteiger partial charge >= 0.3 is 5.97 Å². The minimum Gasteiger partial charge on any atom is -0.464 e. The van der Waals surface area contributed by atoms with Gasteiger partial charge in [0.05, 0.1) is 7.11 Å². The summed E-state index contributed by atoms with van der Waals surface area (Å²) in [6.07, 6.45) is 0.768. The molecule has 88 valence electrons. The summed E-state index contributed by atoms with van der Waals surface area (Å²) in [6, 6.07) is 11.7. The topological polar surface area (TPSA) is 42.1 Å². The Morgan fingerprint density at radius 3 is 2.59 bits per heavy atom. The van der Waals surface area contributed by atoms with E-state index in [-0.39, 0.29) is 5.97 Å².